The van der Waals surface area contributed by atoms with Gasteiger partial charge in [-0.25, -0.2) is 14.3 Å². The summed E-state index contributed by atoms with van der Waals surface area (Å²) in [4.78, 5) is 28.6. The molecule has 2 aromatic rings. The van der Waals surface area contributed by atoms with Gasteiger partial charge < -0.3 is 5.32 Å². The molecule has 0 bridgehead atoms. The average molecular weight is 402 g/mol. The number of amides is 1. The van der Waals surface area contributed by atoms with Gasteiger partial charge in [0.25, 0.3) is 11.5 Å². The highest BCUT2D eigenvalue weighted by Crippen LogP contribution is 2.25. The summed E-state index contributed by atoms with van der Waals surface area (Å²) < 4.78 is 29.4. The molecule has 0 radical (unpaired) electrons. The zero-order valence-electron chi connectivity index (χ0n) is 12.8. The third-order valence-electron chi connectivity index (χ3n) is 3.19. The summed E-state index contributed by atoms with van der Waals surface area (Å²) in [5.41, 5.74) is 0.953. The normalized spacial score (nSPS) is 10.5. The minimum absolute atomic E-state index is 0.0258. The van der Waals surface area contributed by atoms with E-state index in [0.717, 1.165) is 10.6 Å². The van der Waals surface area contributed by atoms with Gasteiger partial charge in [-0.3, -0.25) is 19.0 Å². The summed E-state index contributed by atoms with van der Waals surface area (Å²) in [7, 11) is 1.21. The van der Waals surface area contributed by atoms with E-state index >= 15 is 0 Å². The van der Waals surface area contributed by atoms with Gasteiger partial charge in [-0.05, 0) is 31.2 Å². The third kappa shape index (κ3) is 3.62. The highest BCUT2D eigenvalue weighted by molar-refractivity contribution is 9.10. The van der Waals surface area contributed by atoms with Crippen molar-refractivity contribution in [3.8, 4) is 0 Å². The Morgan fingerprint density at radius 2 is 2.00 bits per heavy atom. The van der Waals surface area contributed by atoms with Crippen LogP contribution in [0, 0.1) is 11.6 Å². The summed E-state index contributed by atoms with van der Waals surface area (Å²) >= 11 is 3.14. The summed E-state index contributed by atoms with van der Waals surface area (Å²) in [6.45, 7) is 1.67. The lowest BCUT2D eigenvalue weighted by Crippen LogP contribution is -2.30. The first kappa shape index (κ1) is 18.1. The summed E-state index contributed by atoms with van der Waals surface area (Å²) in [6.07, 6.45) is 0. The molecule has 24 heavy (non-hydrogen) atoms. The second-order valence-electron chi connectivity index (χ2n) is 4.69. The number of pyridine rings is 1. The number of hydrogen-bond acceptors (Lipinski definition) is 4. The molecular formula is C15H14BrF2N3O3. The molecule has 0 atom stereocenters. The third-order valence-corrected chi connectivity index (χ3v) is 3.68. The van der Waals surface area contributed by atoms with E-state index in [-0.39, 0.29) is 23.6 Å². The molecule has 1 aromatic heterocycles. The molecule has 0 spiro atoms. The fourth-order valence-electron chi connectivity index (χ4n) is 2.11. The van der Waals surface area contributed by atoms with E-state index in [1.165, 1.54) is 19.2 Å². The minimum Gasteiger partial charge on any atom is -0.338 e. The molecule has 0 aliphatic heterocycles. The van der Waals surface area contributed by atoms with Crippen LogP contribution in [0.1, 0.15) is 17.3 Å². The summed E-state index contributed by atoms with van der Waals surface area (Å²) in [5.74, 6) is -2.53. The standard InChI is InChI=1S/C15H14BrF2N3O3/c1-3-21-13(19-12-5-4-8(16)6-10(12)17)9(14(22)20-24-2)7-11(18)15(21)23/h4-7,19H,3H2,1-2H3,(H,20,22). The summed E-state index contributed by atoms with van der Waals surface area (Å²) in [6, 6.07) is 5.00. The number of hydroxylamine groups is 1. The zero-order valence-corrected chi connectivity index (χ0v) is 14.4. The zero-order chi connectivity index (χ0) is 17.9. The molecule has 0 fully saturated rings. The predicted molar refractivity (Wildman–Crippen MR) is 88.2 cm³/mol. The van der Waals surface area contributed by atoms with E-state index in [0.29, 0.717) is 4.47 Å². The molecule has 0 unspecified atom stereocenters. The summed E-state index contributed by atoms with van der Waals surface area (Å²) in [5, 5.41) is 2.68. The Kier molecular flexibility index (Phi) is 5.68. The van der Waals surface area contributed by atoms with E-state index in [9.17, 15) is 18.4 Å². The van der Waals surface area contributed by atoms with Crippen LogP contribution in [-0.4, -0.2) is 17.6 Å². The average Bonchev–Trinajstić information content (AvgIpc) is 2.53. The van der Waals surface area contributed by atoms with Gasteiger partial charge in [0.2, 0.25) is 0 Å². The van der Waals surface area contributed by atoms with Gasteiger partial charge >= 0.3 is 0 Å². The van der Waals surface area contributed by atoms with Crippen LogP contribution >= 0.6 is 15.9 Å². The minimum atomic E-state index is -1.10. The Balaban J connectivity index is 2.63. The number of benzene rings is 1. The number of hydrogen-bond donors (Lipinski definition) is 2. The molecule has 0 saturated carbocycles. The monoisotopic (exact) mass is 401 g/mol. The lowest BCUT2D eigenvalue weighted by atomic mass is 10.2. The van der Waals surface area contributed by atoms with Crippen molar-refractivity contribution in [3.63, 3.8) is 0 Å². The Bertz CT molecular complexity index is 839. The van der Waals surface area contributed by atoms with Gasteiger partial charge in [0, 0.05) is 11.0 Å². The van der Waals surface area contributed by atoms with Gasteiger partial charge in [-0.1, -0.05) is 15.9 Å². The lowest BCUT2D eigenvalue weighted by molar-refractivity contribution is 0.0537. The second-order valence-corrected chi connectivity index (χ2v) is 5.60. The smallest absolute Gasteiger partial charge is 0.288 e. The van der Waals surface area contributed by atoms with Crippen LogP contribution in [-0.2, 0) is 11.4 Å². The van der Waals surface area contributed by atoms with Gasteiger partial charge in [0.1, 0.15) is 11.6 Å². The quantitative estimate of drug-likeness (QED) is 0.755. The SMILES string of the molecule is CCn1c(Nc2ccc(Br)cc2F)c(C(=O)NOC)cc(F)c1=O. The van der Waals surface area contributed by atoms with Crippen LogP contribution in [0.3, 0.4) is 0 Å². The number of carbonyl (C=O) groups is 1. The lowest BCUT2D eigenvalue weighted by Gasteiger charge is -2.17. The second kappa shape index (κ2) is 7.54. The first-order chi connectivity index (χ1) is 11.4. The molecule has 6 nitrogen and oxygen atoms in total. The highest BCUT2D eigenvalue weighted by Gasteiger charge is 2.20. The Labute approximate surface area is 144 Å². The molecule has 0 saturated heterocycles. The Morgan fingerprint density at radius 1 is 1.29 bits per heavy atom. The van der Waals surface area contributed by atoms with Crippen LogP contribution in [0.4, 0.5) is 20.3 Å². The number of anilines is 2. The van der Waals surface area contributed by atoms with Gasteiger partial charge in [-0.2, -0.15) is 0 Å². The Hall–Kier alpha value is -2.26. The fraction of sp³-hybridized carbons (Fsp3) is 0.200. The van der Waals surface area contributed by atoms with Crippen molar-refractivity contribution in [2.24, 2.45) is 0 Å². The molecule has 1 amide bonds. The van der Waals surface area contributed by atoms with Gasteiger partial charge in [0.05, 0.1) is 18.4 Å². The Morgan fingerprint density at radius 3 is 2.58 bits per heavy atom. The molecule has 0 aliphatic carbocycles. The van der Waals surface area contributed by atoms with E-state index < -0.39 is 23.1 Å². The van der Waals surface area contributed by atoms with Crippen molar-refractivity contribution >= 4 is 33.3 Å². The maximum Gasteiger partial charge on any atom is 0.288 e. The van der Waals surface area contributed by atoms with Crippen molar-refractivity contribution < 1.29 is 18.4 Å². The van der Waals surface area contributed by atoms with E-state index in [2.05, 4.69) is 26.1 Å². The van der Waals surface area contributed by atoms with Crippen LogP contribution in [0.25, 0.3) is 0 Å². The largest absolute Gasteiger partial charge is 0.338 e. The van der Waals surface area contributed by atoms with Crippen molar-refractivity contribution in [1.82, 2.24) is 10.0 Å². The number of aromatic nitrogens is 1. The topological polar surface area (TPSA) is 72.4 Å². The molecule has 1 heterocycles. The van der Waals surface area contributed by atoms with Crippen molar-refractivity contribution in [2.75, 3.05) is 12.4 Å². The first-order valence-electron chi connectivity index (χ1n) is 6.87. The fourth-order valence-corrected chi connectivity index (χ4v) is 2.44. The van der Waals surface area contributed by atoms with Crippen molar-refractivity contribution in [1.29, 1.82) is 0 Å². The number of rotatable bonds is 5. The highest BCUT2D eigenvalue weighted by atomic mass is 79.9. The van der Waals surface area contributed by atoms with E-state index in [4.69, 9.17) is 0 Å². The molecule has 9 heteroatoms. The molecule has 2 N–H and O–H groups in total. The maximum absolute atomic E-state index is 14.1. The van der Waals surface area contributed by atoms with E-state index in [1.54, 1.807) is 13.0 Å². The number of halogens is 3. The molecular weight excluding hydrogens is 388 g/mol. The molecule has 0 aliphatic rings. The molecule has 128 valence electrons. The van der Waals surface area contributed by atoms with Gasteiger partial charge in [0.15, 0.2) is 5.82 Å². The predicted octanol–water partition coefficient (Wildman–Crippen LogP) is 2.94. The number of nitrogens with zero attached hydrogens (tertiary/aromatic N) is 1. The van der Waals surface area contributed by atoms with Crippen LogP contribution in [0.5, 0.6) is 0 Å². The van der Waals surface area contributed by atoms with Crippen LogP contribution in [0.15, 0.2) is 33.5 Å². The first-order valence-corrected chi connectivity index (χ1v) is 7.67. The van der Waals surface area contributed by atoms with Crippen LogP contribution in [0.2, 0.25) is 0 Å². The number of carbonyl (C=O) groups excluding carboxylic acids is 1. The van der Waals surface area contributed by atoms with Gasteiger partial charge in [-0.15, -0.1) is 0 Å². The maximum atomic E-state index is 14.1. The number of nitrogens with one attached hydrogen (secondary N) is 2. The van der Waals surface area contributed by atoms with Crippen molar-refractivity contribution in [2.45, 2.75) is 13.5 Å². The molecule has 2 rings (SSSR count). The van der Waals surface area contributed by atoms with E-state index in [1.807, 2.05) is 5.48 Å². The van der Waals surface area contributed by atoms with Crippen molar-refractivity contribution in [3.05, 3.63) is 56.3 Å². The van der Waals surface area contributed by atoms with Crippen LogP contribution < -0.4 is 16.4 Å². The molecule has 1 aromatic carbocycles.